The van der Waals surface area contributed by atoms with E-state index >= 15 is 0 Å². The first kappa shape index (κ1) is 14.1. The monoisotopic (exact) mass is 287 g/mol. The number of benzene rings is 1. The number of likely N-dealkylation sites (tertiary alicyclic amines) is 1. The summed E-state index contributed by atoms with van der Waals surface area (Å²) in [7, 11) is 0. The van der Waals surface area contributed by atoms with Crippen LogP contribution in [0.5, 0.6) is 0 Å². The highest BCUT2D eigenvalue weighted by Gasteiger charge is 2.26. The summed E-state index contributed by atoms with van der Waals surface area (Å²) >= 11 is 0. The average Bonchev–Trinajstić information content (AvgIpc) is 2.91. The minimum absolute atomic E-state index is 0.111. The highest BCUT2D eigenvalue weighted by Crippen LogP contribution is 2.22. The van der Waals surface area contributed by atoms with Gasteiger partial charge in [-0.05, 0) is 37.8 Å². The number of carbonyl (C=O) groups is 1. The predicted molar refractivity (Wildman–Crippen MR) is 80.7 cm³/mol. The largest absolute Gasteiger partial charge is 0.356 e. The molecule has 2 aromatic rings. The Kier molecular flexibility index (Phi) is 3.92. The molecule has 112 valence electrons. The molecule has 2 atom stereocenters. The van der Waals surface area contributed by atoms with E-state index in [0.717, 1.165) is 42.6 Å². The molecular formula is C16H21N3O2. The van der Waals surface area contributed by atoms with Gasteiger partial charge in [-0.3, -0.25) is 4.79 Å². The van der Waals surface area contributed by atoms with Crippen molar-refractivity contribution in [2.45, 2.75) is 32.2 Å². The zero-order chi connectivity index (χ0) is 14.8. The summed E-state index contributed by atoms with van der Waals surface area (Å²) in [5.74, 6) is 0.510. The number of para-hydroxylation sites is 1. The number of hydrogen-bond donors (Lipinski definition) is 1. The van der Waals surface area contributed by atoms with Crippen LogP contribution < -0.4 is 5.73 Å². The molecule has 21 heavy (non-hydrogen) atoms. The summed E-state index contributed by atoms with van der Waals surface area (Å²) in [5, 5.41) is 4.96. The Bertz CT molecular complexity index is 635. The third kappa shape index (κ3) is 2.93. The molecular weight excluding hydrogens is 266 g/mol. The van der Waals surface area contributed by atoms with E-state index in [1.165, 1.54) is 0 Å². The van der Waals surface area contributed by atoms with Crippen molar-refractivity contribution >= 4 is 16.9 Å². The van der Waals surface area contributed by atoms with E-state index in [9.17, 15) is 4.79 Å². The third-order valence-corrected chi connectivity index (χ3v) is 4.32. The van der Waals surface area contributed by atoms with Crippen molar-refractivity contribution in [1.29, 1.82) is 0 Å². The molecule has 1 amide bonds. The average molecular weight is 287 g/mol. The quantitative estimate of drug-likeness (QED) is 0.936. The van der Waals surface area contributed by atoms with Crippen LogP contribution in [0, 0.1) is 5.92 Å². The van der Waals surface area contributed by atoms with Crippen molar-refractivity contribution in [3.8, 4) is 0 Å². The van der Waals surface area contributed by atoms with Crippen LogP contribution in [0.4, 0.5) is 0 Å². The molecule has 1 aromatic heterocycles. The SMILES string of the molecule is C[C@@H](N)[C@H]1CCCN(C(=O)Cc2noc3ccccc23)C1. The van der Waals surface area contributed by atoms with Gasteiger partial charge in [0.15, 0.2) is 5.58 Å². The zero-order valence-corrected chi connectivity index (χ0v) is 12.3. The summed E-state index contributed by atoms with van der Waals surface area (Å²) in [6.45, 7) is 3.59. The molecule has 2 heterocycles. The first-order valence-corrected chi connectivity index (χ1v) is 7.52. The molecule has 1 saturated heterocycles. The minimum Gasteiger partial charge on any atom is -0.356 e. The number of hydrogen-bond acceptors (Lipinski definition) is 4. The maximum absolute atomic E-state index is 12.5. The van der Waals surface area contributed by atoms with E-state index < -0.39 is 0 Å². The second-order valence-corrected chi connectivity index (χ2v) is 5.90. The maximum Gasteiger partial charge on any atom is 0.228 e. The van der Waals surface area contributed by atoms with Crippen molar-refractivity contribution in [2.75, 3.05) is 13.1 Å². The first-order chi connectivity index (χ1) is 10.1. The topological polar surface area (TPSA) is 72.4 Å². The van der Waals surface area contributed by atoms with Crippen molar-refractivity contribution in [2.24, 2.45) is 11.7 Å². The number of nitrogens with zero attached hydrogens (tertiary/aromatic N) is 2. The van der Waals surface area contributed by atoms with E-state index in [-0.39, 0.29) is 11.9 Å². The first-order valence-electron chi connectivity index (χ1n) is 7.52. The van der Waals surface area contributed by atoms with Gasteiger partial charge in [-0.15, -0.1) is 0 Å². The van der Waals surface area contributed by atoms with Crippen LogP contribution in [0.2, 0.25) is 0 Å². The lowest BCUT2D eigenvalue weighted by Gasteiger charge is -2.34. The molecule has 2 N–H and O–H groups in total. The Morgan fingerprint density at radius 2 is 2.33 bits per heavy atom. The van der Waals surface area contributed by atoms with Crippen molar-refractivity contribution < 1.29 is 9.32 Å². The standard InChI is InChI=1S/C16H21N3O2/c1-11(17)12-5-4-8-19(10-12)16(20)9-14-13-6-2-3-7-15(13)21-18-14/h2-3,6-7,11-12H,4-5,8-10,17H2,1H3/t11-,12+/m1/s1. The van der Waals surface area contributed by atoms with Gasteiger partial charge in [0.05, 0.1) is 6.42 Å². The zero-order valence-electron chi connectivity index (χ0n) is 12.3. The van der Waals surface area contributed by atoms with Gasteiger partial charge in [-0.2, -0.15) is 0 Å². The van der Waals surface area contributed by atoms with Gasteiger partial charge in [-0.1, -0.05) is 17.3 Å². The van der Waals surface area contributed by atoms with E-state index in [2.05, 4.69) is 5.16 Å². The lowest BCUT2D eigenvalue weighted by molar-refractivity contribution is -0.132. The smallest absolute Gasteiger partial charge is 0.228 e. The highest BCUT2D eigenvalue weighted by molar-refractivity contribution is 5.86. The number of nitrogens with two attached hydrogens (primary N) is 1. The fourth-order valence-electron chi connectivity index (χ4n) is 2.99. The molecule has 0 aliphatic carbocycles. The summed E-state index contributed by atoms with van der Waals surface area (Å²) in [4.78, 5) is 14.4. The van der Waals surface area contributed by atoms with Crippen molar-refractivity contribution in [3.63, 3.8) is 0 Å². The second-order valence-electron chi connectivity index (χ2n) is 5.90. The Labute approximate surface area is 124 Å². The van der Waals surface area contributed by atoms with Gasteiger partial charge >= 0.3 is 0 Å². The lowest BCUT2D eigenvalue weighted by atomic mass is 9.92. The van der Waals surface area contributed by atoms with Gasteiger partial charge in [-0.25, -0.2) is 0 Å². The molecule has 0 unspecified atom stereocenters. The van der Waals surface area contributed by atoms with Gasteiger partial charge in [0.2, 0.25) is 5.91 Å². The fraction of sp³-hybridized carbons (Fsp3) is 0.500. The second kappa shape index (κ2) is 5.85. The molecule has 1 aliphatic rings. The summed E-state index contributed by atoms with van der Waals surface area (Å²) in [5.41, 5.74) is 7.42. The third-order valence-electron chi connectivity index (χ3n) is 4.32. The van der Waals surface area contributed by atoms with E-state index in [0.29, 0.717) is 12.3 Å². The number of amides is 1. The number of piperidine rings is 1. The summed E-state index contributed by atoms with van der Waals surface area (Å²) in [6, 6.07) is 7.77. The van der Waals surface area contributed by atoms with Crippen LogP contribution in [0.15, 0.2) is 28.8 Å². The molecule has 0 spiro atoms. The van der Waals surface area contributed by atoms with Crippen LogP contribution in [0.25, 0.3) is 11.0 Å². The van der Waals surface area contributed by atoms with E-state index in [1.54, 1.807) is 0 Å². The fourth-order valence-corrected chi connectivity index (χ4v) is 2.99. The van der Waals surface area contributed by atoms with Crippen LogP contribution >= 0.6 is 0 Å². The summed E-state index contributed by atoms with van der Waals surface area (Å²) in [6.07, 6.45) is 2.43. The molecule has 1 aromatic carbocycles. The Morgan fingerprint density at radius 1 is 1.52 bits per heavy atom. The molecule has 1 fully saturated rings. The van der Waals surface area contributed by atoms with Gasteiger partial charge in [0.1, 0.15) is 5.69 Å². The van der Waals surface area contributed by atoms with Gasteiger partial charge < -0.3 is 15.2 Å². The lowest BCUT2D eigenvalue weighted by Crippen LogP contribution is -2.45. The van der Waals surface area contributed by atoms with E-state index in [4.69, 9.17) is 10.3 Å². The molecule has 0 saturated carbocycles. The molecule has 3 rings (SSSR count). The normalized spacial score (nSPS) is 20.7. The summed E-state index contributed by atoms with van der Waals surface area (Å²) < 4.78 is 5.26. The van der Waals surface area contributed by atoms with E-state index in [1.807, 2.05) is 36.1 Å². The molecule has 5 nitrogen and oxygen atoms in total. The van der Waals surface area contributed by atoms with Crippen molar-refractivity contribution in [1.82, 2.24) is 10.1 Å². The maximum atomic E-state index is 12.5. The van der Waals surface area contributed by atoms with Gasteiger partial charge in [0, 0.05) is 24.5 Å². The minimum atomic E-state index is 0.111. The highest BCUT2D eigenvalue weighted by atomic mass is 16.5. The Hall–Kier alpha value is -1.88. The van der Waals surface area contributed by atoms with Crippen molar-refractivity contribution in [3.05, 3.63) is 30.0 Å². The van der Waals surface area contributed by atoms with Gasteiger partial charge in [0.25, 0.3) is 0 Å². The molecule has 5 heteroatoms. The Morgan fingerprint density at radius 3 is 3.14 bits per heavy atom. The number of aromatic nitrogens is 1. The Balaban J connectivity index is 1.71. The van der Waals surface area contributed by atoms with Crippen LogP contribution in [0.3, 0.4) is 0 Å². The van der Waals surface area contributed by atoms with Crippen LogP contribution in [0.1, 0.15) is 25.5 Å². The van der Waals surface area contributed by atoms with Crippen LogP contribution in [-0.2, 0) is 11.2 Å². The number of carbonyl (C=O) groups excluding carboxylic acids is 1. The predicted octanol–water partition coefficient (Wildman–Crippen LogP) is 1.96. The number of rotatable bonds is 3. The molecule has 1 aliphatic heterocycles. The van der Waals surface area contributed by atoms with Crippen LogP contribution in [-0.4, -0.2) is 35.1 Å². The molecule has 0 bridgehead atoms. The molecule has 0 radical (unpaired) electrons. The number of fused-ring (bicyclic) bond motifs is 1.